The number of carbonyl (C=O) groups excluding carboxylic acids is 2. The summed E-state index contributed by atoms with van der Waals surface area (Å²) >= 11 is 0. The minimum atomic E-state index is -0.718. The quantitative estimate of drug-likeness (QED) is 0.856. The van der Waals surface area contributed by atoms with Crippen LogP contribution in [0.15, 0.2) is 30.3 Å². The van der Waals surface area contributed by atoms with E-state index in [1.807, 2.05) is 30.3 Å². The molecule has 1 fully saturated rings. The van der Waals surface area contributed by atoms with Gasteiger partial charge in [0.05, 0.1) is 12.6 Å². The van der Waals surface area contributed by atoms with Gasteiger partial charge in [-0.3, -0.25) is 4.90 Å². The van der Waals surface area contributed by atoms with Crippen molar-refractivity contribution in [1.29, 1.82) is 0 Å². The molecule has 1 heterocycles. The van der Waals surface area contributed by atoms with Crippen molar-refractivity contribution in [2.24, 2.45) is 0 Å². The number of ether oxygens (including phenoxy) is 2. The molecule has 6 heteroatoms. The fraction of sp³-hybridized carbons (Fsp3) is 0.556. The van der Waals surface area contributed by atoms with Crippen LogP contribution in [0.5, 0.6) is 0 Å². The molecule has 1 amide bonds. The van der Waals surface area contributed by atoms with Crippen molar-refractivity contribution in [3.8, 4) is 0 Å². The van der Waals surface area contributed by atoms with Crippen LogP contribution in [0.1, 0.15) is 39.2 Å². The number of aliphatic hydroxyl groups excluding tert-OH is 1. The average Bonchev–Trinajstić information content (AvgIpc) is 2.96. The molecule has 6 nitrogen and oxygen atoms in total. The Hall–Kier alpha value is -2.08. The second-order valence-electron chi connectivity index (χ2n) is 6.91. The molecule has 0 aromatic heterocycles. The van der Waals surface area contributed by atoms with Crippen LogP contribution in [-0.4, -0.2) is 46.4 Å². The third-order valence-electron chi connectivity index (χ3n) is 3.81. The topological polar surface area (TPSA) is 76.1 Å². The van der Waals surface area contributed by atoms with Gasteiger partial charge >= 0.3 is 12.1 Å². The molecule has 0 radical (unpaired) electrons. The summed E-state index contributed by atoms with van der Waals surface area (Å²) in [5.41, 5.74) is 0.230. The second kappa shape index (κ2) is 7.66. The van der Waals surface area contributed by atoms with Gasteiger partial charge in [-0.25, -0.2) is 9.59 Å². The van der Waals surface area contributed by atoms with E-state index in [2.05, 4.69) is 0 Å². The number of benzene rings is 1. The Morgan fingerprint density at radius 1 is 1.21 bits per heavy atom. The number of aliphatic hydroxyl groups is 1. The van der Waals surface area contributed by atoms with Gasteiger partial charge in [0.15, 0.2) is 0 Å². The van der Waals surface area contributed by atoms with Gasteiger partial charge in [-0.2, -0.15) is 0 Å². The van der Waals surface area contributed by atoms with Gasteiger partial charge in [0.2, 0.25) is 0 Å². The summed E-state index contributed by atoms with van der Waals surface area (Å²) in [5.74, 6) is -0.463. The van der Waals surface area contributed by atoms with Crippen LogP contribution in [-0.2, 0) is 20.9 Å². The summed E-state index contributed by atoms with van der Waals surface area (Å²) in [6.45, 7) is 5.25. The van der Waals surface area contributed by atoms with Crippen molar-refractivity contribution < 1.29 is 24.2 Å². The zero-order chi connectivity index (χ0) is 17.7. The van der Waals surface area contributed by atoms with Crippen LogP contribution in [0.2, 0.25) is 0 Å². The van der Waals surface area contributed by atoms with Crippen LogP contribution in [0.4, 0.5) is 4.79 Å². The van der Waals surface area contributed by atoms with Crippen molar-refractivity contribution in [3.05, 3.63) is 35.9 Å². The molecule has 132 valence electrons. The third-order valence-corrected chi connectivity index (χ3v) is 3.81. The van der Waals surface area contributed by atoms with Crippen molar-refractivity contribution in [1.82, 2.24) is 4.90 Å². The molecule has 1 aromatic rings. The first-order chi connectivity index (χ1) is 11.3. The summed E-state index contributed by atoms with van der Waals surface area (Å²) in [6, 6.07) is 8.16. The Kier molecular flexibility index (Phi) is 5.83. The van der Waals surface area contributed by atoms with Gasteiger partial charge in [0.1, 0.15) is 18.2 Å². The predicted octanol–water partition coefficient (Wildman–Crippen LogP) is 2.49. The lowest BCUT2D eigenvalue weighted by Gasteiger charge is -2.29. The molecular formula is C18H25NO5. The maximum atomic E-state index is 12.5. The van der Waals surface area contributed by atoms with Crippen molar-refractivity contribution in [3.63, 3.8) is 0 Å². The van der Waals surface area contributed by atoms with Crippen molar-refractivity contribution in [2.45, 2.75) is 57.9 Å². The minimum absolute atomic E-state index is 0.120. The van der Waals surface area contributed by atoms with Gasteiger partial charge < -0.3 is 14.6 Å². The zero-order valence-electron chi connectivity index (χ0n) is 14.4. The molecule has 2 rings (SSSR count). The number of carbonyl (C=O) groups is 2. The van der Waals surface area contributed by atoms with E-state index in [9.17, 15) is 14.7 Å². The van der Waals surface area contributed by atoms with Crippen molar-refractivity contribution in [2.75, 3.05) is 6.61 Å². The number of likely N-dealkylation sites (tertiary alicyclic amines) is 1. The summed E-state index contributed by atoms with van der Waals surface area (Å²) in [4.78, 5) is 26.1. The molecule has 0 bridgehead atoms. The van der Waals surface area contributed by atoms with Gasteiger partial charge in [-0.15, -0.1) is 0 Å². The van der Waals surface area contributed by atoms with Crippen LogP contribution >= 0.6 is 0 Å². The maximum absolute atomic E-state index is 12.5. The van der Waals surface area contributed by atoms with E-state index in [0.717, 1.165) is 5.56 Å². The Morgan fingerprint density at radius 3 is 2.46 bits per heavy atom. The number of amides is 1. The first kappa shape index (κ1) is 18.3. The lowest BCUT2D eigenvalue weighted by molar-refractivity contribution is -0.160. The number of esters is 1. The lowest BCUT2D eigenvalue weighted by atomic mass is 10.1. The number of nitrogens with zero attached hydrogens (tertiary/aromatic N) is 1. The molecule has 0 aliphatic carbocycles. The smallest absolute Gasteiger partial charge is 0.411 e. The summed E-state index contributed by atoms with van der Waals surface area (Å²) in [5, 5.41) is 9.50. The molecule has 2 unspecified atom stereocenters. The lowest BCUT2D eigenvalue weighted by Crippen LogP contribution is -2.48. The fourth-order valence-electron chi connectivity index (χ4n) is 2.73. The molecule has 1 aliphatic heterocycles. The maximum Gasteiger partial charge on any atom is 0.411 e. The van der Waals surface area contributed by atoms with E-state index in [4.69, 9.17) is 9.47 Å². The fourth-order valence-corrected chi connectivity index (χ4v) is 2.73. The predicted molar refractivity (Wildman–Crippen MR) is 88.2 cm³/mol. The van der Waals surface area contributed by atoms with Gasteiger partial charge in [0.25, 0.3) is 0 Å². The standard InChI is InChI=1S/C18H25NO5/c1-18(2,3)24-16(21)15-10-9-14(11-20)19(15)17(22)23-12-13-7-5-4-6-8-13/h4-8,14-15,20H,9-12H2,1-3H3. The van der Waals surface area contributed by atoms with Crippen LogP contribution in [0.3, 0.4) is 0 Å². The van der Waals surface area contributed by atoms with Gasteiger partial charge in [0, 0.05) is 0 Å². The highest BCUT2D eigenvalue weighted by atomic mass is 16.6. The zero-order valence-corrected chi connectivity index (χ0v) is 14.4. The first-order valence-corrected chi connectivity index (χ1v) is 8.14. The molecular weight excluding hydrogens is 310 g/mol. The van der Waals surface area contributed by atoms with E-state index >= 15 is 0 Å². The third kappa shape index (κ3) is 4.71. The van der Waals surface area contributed by atoms with Crippen LogP contribution in [0, 0.1) is 0 Å². The molecule has 2 atom stereocenters. The molecule has 24 heavy (non-hydrogen) atoms. The first-order valence-electron chi connectivity index (χ1n) is 8.14. The largest absolute Gasteiger partial charge is 0.458 e. The summed E-state index contributed by atoms with van der Waals surface area (Å²) < 4.78 is 10.7. The Labute approximate surface area is 142 Å². The van der Waals surface area contributed by atoms with E-state index in [1.165, 1.54) is 4.90 Å². The van der Waals surface area contributed by atoms with E-state index < -0.39 is 29.7 Å². The highest BCUT2D eigenvalue weighted by molar-refractivity contribution is 5.82. The van der Waals surface area contributed by atoms with Crippen LogP contribution < -0.4 is 0 Å². The number of hydrogen-bond donors (Lipinski definition) is 1. The Balaban J connectivity index is 2.04. The Bertz CT molecular complexity index is 567. The highest BCUT2D eigenvalue weighted by Gasteiger charge is 2.43. The molecule has 1 aromatic carbocycles. The molecule has 0 spiro atoms. The summed E-state index contributed by atoms with van der Waals surface area (Å²) in [7, 11) is 0. The average molecular weight is 335 g/mol. The van der Waals surface area contributed by atoms with Crippen molar-refractivity contribution >= 4 is 12.1 Å². The molecule has 1 aliphatic rings. The van der Waals surface area contributed by atoms with Gasteiger partial charge in [-0.1, -0.05) is 30.3 Å². The van der Waals surface area contributed by atoms with Crippen LogP contribution in [0.25, 0.3) is 0 Å². The number of hydrogen-bond acceptors (Lipinski definition) is 5. The van der Waals surface area contributed by atoms with E-state index in [1.54, 1.807) is 20.8 Å². The normalized spacial score (nSPS) is 20.8. The SMILES string of the molecule is CC(C)(C)OC(=O)C1CCC(CO)N1C(=O)OCc1ccccc1. The Morgan fingerprint density at radius 2 is 1.88 bits per heavy atom. The second-order valence-corrected chi connectivity index (χ2v) is 6.91. The molecule has 0 saturated carbocycles. The highest BCUT2D eigenvalue weighted by Crippen LogP contribution is 2.27. The minimum Gasteiger partial charge on any atom is -0.458 e. The summed E-state index contributed by atoms with van der Waals surface area (Å²) in [6.07, 6.45) is 0.396. The van der Waals surface area contributed by atoms with Gasteiger partial charge in [-0.05, 0) is 39.2 Å². The molecule has 1 N–H and O–H groups in total. The van der Waals surface area contributed by atoms with E-state index in [-0.39, 0.29) is 13.2 Å². The van der Waals surface area contributed by atoms with E-state index in [0.29, 0.717) is 12.8 Å². The molecule has 1 saturated heterocycles. The monoisotopic (exact) mass is 335 g/mol. The number of rotatable bonds is 4.